The maximum Gasteiger partial charge on any atom is 0.212 e. The molecule has 0 saturated carbocycles. The Labute approximate surface area is 148 Å². The van der Waals surface area contributed by atoms with E-state index in [1.807, 2.05) is 22.8 Å². The number of phenolic OH excluding ortho intramolecular Hbond substituents is 1. The molecule has 0 bridgehead atoms. The maximum absolute atomic E-state index is 9.85. The molecular weight excluding hydrogens is 334 g/mol. The molecule has 26 heavy (non-hydrogen) atoms. The number of hydrogen-bond acceptors (Lipinski definition) is 7. The fourth-order valence-electron chi connectivity index (χ4n) is 3.33. The van der Waals surface area contributed by atoms with Gasteiger partial charge in [-0.15, -0.1) is 0 Å². The number of anilines is 1. The number of nitrogens with zero attached hydrogens (tertiary/aromatic N) is 3. The van der Waals surface area contributed by atoms with Crippen LogP contribution in [-0.2, 0) is 0 Å². The van der Waals surface area contributed by atoms with Crippen LogP contribution in [0.2, 0.25) is 0 Å². The first-order chi connectivity index (χ1) is 12.7. The van der Waals surface area contributed by atoms with Gasteiger partial charge in [0.15, 0.2) is 23.6 Å². The zero-order valence-electron chi connectivity index (χ0n) is 13.8. The van der Waals surface area contributed by atoms with Crippen molar-refractivity contribution >= 4 is 22.9 Å². The number of fused-ring (bicyclic) bond motifs is 4. The Morgan fingerprint density at radius 3 is 2.77 bits per heavy atom. The zero-order valence-corrected chi connectivity index (χ0v) is 13.8. The number of aromatic hydroxyl groups is 1. The Hall–Kier alpha value is -3.42. The van der Waals surface area contributed by atoms with E-state index in [0.717, 1.165) is 23.0 Å². The molecular formula is C18H17N5O3. The molecule has 0 saturated heterocycles. The number of ether oxygens (including phenoxy) is 2. The summed E-state index contributed by atoms with van der Waals surface area (Å²) in [5.41, 5.74) is 8.37. The summed E-state index contributed by atoms with van der Waals surface area (Å²) in [4.78, 5) is 9.14. The Balaban J connectivity index is 1.72. The second-order valence-electron chi connectivity index (χ2n) is 6.25. The molecule has 0 amide bonds. The minimum Gasteiger partial charge on any atom is -0.508 e. The number of nitrogens with one attached hydrogen (secondary N) is 1. The molecule has 4 N–H and O–H groups in total. The third kappa shape index (κ3) is 2.30. The van der Waals surface area contributed by atoms with E-state index in [1.54, 1.807) is 18.2 Å². The largest absolute Gasteiger partial charge is 0.508 e. The molecule has 3 aromatic rings. The third-order valence-electron chi connectivity index (χ3n) is 4.47. The van der Waals surface area contributed by atoms with Gasteiger partial charge in [-0.3, -0.25) is 9.88 Å². The number of benzene rings is 2. The fourth-order valence-corrected chi connectivity index (χ4v) is 3.33. The Morgan fingerprint density at radius 2 is 1.96 bits per heavy atom. The summed E-state index contributed by atoms with van der Waals surface area (Å²) in [6, 6.07) is 10.8. The van der Waals surface area contributed by atoms with Gasteiger partial charge in [-0.2, -0.15) is 0 Å². The summed E-state index contributed by atoms with van der Waals surface area (Å²) >= 11 is 0. The summed E-state index contributed by atoms with van der Waals surface area (Å²) in [6.45, 7) is 1.23. The van der Waals surface area contributed by atoms with E-state index >= 15 is 0 Å². The second-order valence-corrected chi connectivity index (χ2v) is 6.25. The average Bonchev–Trinajstić information content (AvgIpc) is 2.81. The highest BCUT2D eigenvalue weighted by Gasteiger charge is 2.27. The molecule has 0 unspecified atom stereocenters. The van der Waals surface area contributed by atoms with Crippen LogP contribution in [0.1, 0.15) is 18.2 Å². The van der Waals surface area contributed by atoms with Crippen molar-refractivity contribution in [2.24, 2.45) is 10.7 Å². The Kier molecular flexibility index (Phi) is 3.18. The van der Waals surface area contributed by atoms with E-state index in [-0.39, 0.29) is 11.7 Å². The van der Waals surface area contributed by atoms with Crippen LogP contribution in [0, 0.1) is 0 Å². The molecule has 0 aliphatic carbocycles. The number of aromatic nitrogens is 2. The minimum absolute atomic E-state index is 0.173. The van der Waals surface area contributed by atoms with Crippen molar-refractivity contribution in [2.75, 3.05) is 18.5 Å². The van der Waals surface area contributed by atoms with Gasteiger partial charge in [0, 0.05) is 24.1 Å². The normalized spacial score (nSPS) is 18.6. The van der Waals surface area contributed by atoms with Gasteiger partial charge in [0.25, 0.3) is 0 Å². The zero-order chi connectivity index (χ0) is 17.7. The number of imidazole rings is 1. The highest BCUT2D eigenvalue weighted by Crippen LogP contribution is 2.39. The highest BCUT2D eigenvalue weighted by molar-refractivity contribution is 5.95. The van der Waals surface area contributed by atoms with Crippen LogP contribution in [0.5, 0.6) is 17.2 Å². The SMILES string of the molecule is NC1=N[C@@H](c2cccc(O)c2)n2c(nc3cc4c(cc32)OCCCO4)N1. The highest BCUT2D eigenvalue weighted by atomic mass is 16.5. The number of phenols is 1. The Morgan fingerprint density at radius 1 is 1.15 bits per heavy atom. The van der Waals surface area contributed by atoms with Crippen molar-refractivity contribution in [3.8, 4) is 17.2 Å². The molecule has 0 spiro atoms. The standard InChI is InChI=1S/C18H17N5O3/c19-17-21-16(10-3-1-4-11(24)7-10)23-13-9-15-14(25-5-2-6-26-15)8-12(13)20-18(23)22-17/h1,3-4,7-9,16,24H,2,5-6H2,(H3,19,20,21,22)/t16-/m1/s1. The lowest BCUT2D eigenvalue weighted by atomic mass is 10.1. The molecule has 1 atom stereocenters. The first-order valence-electron chi connectivity index (χ1n) is 8.40. The van der Waals surface area contributed by atoms with Crippen LogP contribution in [0.25, 0.3) is 11.0 Å². The van der Waals surface area contributed by atoms with Crippen LogP contribution in [0.3, 0.4) is 0 Å². The molecule has 2 aliphatic heterocycles. The van der Waals surface area contributed by atoms with Crippen molar-refractivity contribution in [3.63, 3.8) is 0 Å². The predicted molar refractivity (Wildman–Crippen MR) is 96.8 cm³/mol. The lowest BCUT2D eigenvalue weighted by molar-refractivity contribution is 0.297. The molecule has 1 aromatic heterocycles. The fraction of sp³-hybridized carbons (Fsp3) is 0.222. The summed E-state index contributed by atoms with van der Waals surface area (Å²) < 4.78 is 13.5. The van der Waals surface area contributed by atoms with Crippen molar-refractivity contribution < 1.29 is 14.6 Å². The van der Waals surface area contributed by atoms with Crippen LogP contribution in [-0.4, -0.2) is 33.8 Å². The van der Waals surface area contributed by atoms with Gasteiger partial charge in [-0.1, -0.05) is 12.1 Å². The Bertz CT molecular complexity index is 1040. The van der Waals surface area contributed by atoms with Gasteiger partial charge in [-0.25, -0.2) is 9.98 Å². The van der Waals surface area contributed by atoms with E-state index < -0.39 is 6.17 Å². The van der Waals surface area contributed by atoms with Crippen molar-refractivity contribution in [1.29, 1.82) is 0 Å². The van der Waals surface area contributed by atoms with Gasteiger partial charge in [0.2, 0.25) is 5.95 Å². The summed E-state index contributed by atoms with van der Waals surface area (Å²) in [7, 11) is 0. The van der Waals surface area contributed by atoms with Gasteiger partial charge < -0.3 is 20.3 Å². The number of aliphatic imine (C=N–C) groups is 1. The predicted octanol–water partition coefficient (Wildman–Crippen LogP) is 2.19. The van der Waals surface area contributed by atoms with Crippen LogP contribution < -0.4 is 20.5 Å². The van der Waals surface area contributed by atoms with E-state index in [2.05, 4.69) is 15.3 Å². The molecule has 2 aliphatic rings. The molecule has 2 aromatic carbocycles. The first kappa shape index (κ1) is 14.9. The van der Waals surface area contributed by atoms with Crippen LogP contribution in [0.15, 0.2) is 41.4 Å². The van der Waals surface area contributed by atoms with E-state index in [9.17, 15) is 5.11 Å². The molecule has 8 nitrogen and oxygen atoms in total. The topological polar surface area (TPSA) is 107 Å². The molecule has 0 fully saturated rings. The van der Waals surface area contributed by atoms with Crippen molar-refractivity contribution in [3.05, 3.63) is 42.0 Å². The molecule has 5 rings (SSSR count). The average molecular weight is 351 g/mol. The van der Waals surface area contributed by atoms with Crippen LogP contribution >= 0.6 is 0 Å². The minimum atomic E-state index is -0.437. The summed E-state index contributed by atoms with van der Waals surface area (Å²) in [5, 5.41) is 12.9. The smallest absolute Gasteiger partial charge is 0.212 e. The monoisotopic (exact) mass is 351 g/mol. The first-order valence-corrected chi connectivity index (χ1v) is 8.40. The molecule has 3 heterocycles. The van der Waals surface area contributed by atoms with E-state index in [1.165, 1.54) is 0 Å². The molecule has 8 heteroatoms. The number of nitrogens with two attached hydrogens (primary N) is 1. The van der Waals surface area contributed by atoms with Gasteiger partial charge >= 0.3 is 0 Å². The van der Waals surface area contributed by atoms with Crippen molar-refractivity contribution in [2.45, 2.75) is 12.6 Å². The number of rotatable bonds is 1. The van der Waals surface area contributed by atoms with Crippen molar-refractivity contribution in [1.82, 2.24) is 9.55 Å². The number of hydrogen-bond donors (Lipinski definition) is 3. The quantitative estimate of drug-likeness (QED) is 0.620. The van der Waals surface area contributed by atoms with Gasteiger partial charge in [0.05, 0.1) is 24.2 Å². The maximum atomic E-state index is 9.85. The summed E-state index contributed by atoms with van der Waals surface area (Å²) in [6.07, 6.45) is 0.402. The molecule has 0 radical (unpaired) electrons. The molecule has 132 valence electrons. The van der Waals surface area contributed by atoms with Gasteiger partial charge in [0.1, 0.15) is 5.75 Å². The van der Waals surface area contributed by atoms with Gasteiger partial charge in [-0.05, 0) is 12.1 Å². The lowest BCUT2D eigenvalue weighted by Gasteiger charge is -2.24. The lowest BCUT2D eigenvalue weighted by Crippen LogP contribution is -2.31. The summed E-state index contributed by atoms with van der Waals surface area (Å²) in [5.74, 6) is 2.41. The van der Waals surface area contributed by atoms with E-state index in [4.69, 9.17) is 15.2 Å². The number of guanidine groups is 1. The van der Waals surface area contributed by atoms with E-state index in [0.29, 0.717) is 30.7 Å². The third-order valence-corrected chi connectivity index (χ3v) is 4.47. The second kappa shape index (κ2) is 5.55. The van der Waals surface area contributed by atoms with Crippen LogP contribution in [0.4, 0.5) is 5.95 Å².